The lowest BCUT2D eigenvalue weighted by atomic mass is 9.98. The van der Waals surface area contributed by atoms with Crippen LogP contribution in [0.3, 0.4) is 0 Å². The minimum absolute atomic E-state index is 0.112. The molecular formula is C19H9Cl2F3O3. The highest BCUT2D eigenvalue weighted by Gasteiger charge is 2.48. The van der Waals surface area contributed by atoms with Gasteiger partial charge in [0.25, 0.3) is 0 Å². The van der Waals surface area contributed by atoms with Gasteiger partial charge < -0.3 is 9.84 Å². The first-order valence-corrected chi connectivity index (χ1v) is 8.20. The largest absolute Gasteiger partial charge is 0.478 e. The van der Waals surface area contributed by atoms with E-state index >= 15 is 0 Å². The highest BCUT2D eigenvalue weighted by Crippen LogP contribution is 2.40. The summed E-state index contributed by atoms with van der Waals surface area (Å²) in [5, 5.41) is 9.79. The highest BCUT2D eigenvalue weighted by atomic mass is 35.5. The Morgan fingerprint density at radius 2 is 1.74 bits per heavy atom. The summed E-state index contributed by atoms with van der Waals surface area (Å²) < 4.78 is 44.7. The Hall–Kier alpha value is -2.62. The molecule has 0 aromatic heterocycles. The molecule has 0 fully saturated rings. The van der Waals surface area contributed by atoms with Crippen LogP contribution in [-0.4, -0.2) is 23.4 Å². The first-order valence-electron chi connectivity index (χ1n) is 7.44. The molecule has 0 amide bonds. The number of fused-ring (bicyclic) bond motifs is 1. The number of aliphatic carboxylic acids is 1. The minimum Gasteiger partial charge on any atom is -0.478 e. The summed E-state index contributed by atoms with van der Waals surface area (Å²) in [4.78, 5) is 11.2. The Morgan fingerprint density at radius 1 is 1.07 bits per heavy atom. The smallest absolute Gasteiger partial charge is 0.430 e. The molecule has 8 heteroatoms. The van der Waals surface area contributed by atoms with E-state index < -0.39 is 23.8 Å². The molecule has 2 aromatic carbocycles. The summed E-state index contributed by atoms with van der Waals surface area (Å²) in [5.74, 6) is 3.61. The fraction of sp³-hybridized carbons (Fsp3) is 0.105. The Labute approximate surface area is 162 Å². The van der Waals surface area contributed by atoms with Crippen molar-refractivity contribution in [2.45, 2.75) is 12.3 Å². The summed E-state index contributed by atoms with van der Waals surface area (Å²) in [5.41, 5.74) is -0.116. The van der Waals surface area contributed by atoms with Crippen molar-refractivity contribution in [1.29, 1.82) is 0 Å². The zero-order valence-electron chi connectivity index (χ0n) is 13.3. The predicted molar refractivity (Wildman–Crippen MR) is 95.0 cm³/mol. The maximum absolute atomic E-state index is 13.2. The van der Waals surface area contributed by atoms with Crippen LogP contribution in [0.2, 0.25) is 10.0 Å². The third kappa shape index (κ3) is 4.21. The molecule has 0 spiro atoms. The van der Waals surface area contributed by atoms with Gasteiger partial charge >= 0.3 is 12.1 Å². The van der Waals surface area contributed by atoms with E-state index in [1.54, 1.807) is 24.3 Å². The van der Waals surface area contributed by atoms with Gasteiger partial charge in [-0.1, -0.05) is 35.0 Å². The second kappa shape index (κ2) is 7.18. The van der Waals surface area contributed by atoms with Crippen LogP contribution in [-0.2, 0) is 4.79 Å². The molecule has 0 bridgehead atoms. The number of hydrogen-bond donors (Lipinski definition) is 1. The first kappa shape index (κ1) is 19.2. The zero-order chi connectivity index (χ0) is 19.8. The fourth-order valence-electron chi connectivity index (χ4n) is 2.46. The fourth-order valence-corrected chi connectivity index (χ4v) is 2.81. The van der Waals surface area contributed by atoms with E-state index in [2.05, 4.69) is 11.8 Å². The van der Waals surface area contributed by atoms with E-state index in [4.69, 9.17) is 33.0 Å². The van der Waals surface area contributed by atoms with Crippen molar-refractivity contribution in [1.82, 2.24) is 0 Å². The monoisotopic (exact) mass is 412 g/mol. The molecule has 2 aromatic rings. The SMILES string of the molecule is O=C(O)C1=Cc2cc(Cl)cc(C#Cc3ccc(Cl)cc3)c2O[C@@H]1C(F)(F)F. The third-order valence-electron chi connectivity index (χ3n) is 3.64. The van der Waals surface area contributed by atoms with Crippen LogP contribution in [0.4, 0.5) is 13.2 Å². The van der Waals surface area contributed by atoms with E-state index in [-0.39, 0.29) is 21.9 Å². The van der Waals surface area contributed by atoms with Crippen LogP contribution in [0.1, 0.15) is 16.7 Å². The molecule has 27 heavy (non-hydrogen) atoms. The molecule has 0 radical (unpaired) electrons. The van der Waals surface area contributed by atoms with Crippen LogP contribution >= 0.6 is 23.2 Å². The second-order valence-electron chi connectivity index (χ2n) is 5.57. The Morgan fingerprint density at radius 3 is 2.33 bits per heavy atom. The van der Waals surface area contributed by atoms with Crippen molar-refractivity contribution in [2.24, 2.45) is 0 Å². The van der Waals surface area contributed by atoms with Gasteiger partial charge in [-0.2, -0.15) is 13.2 Å². The number of hydrogen-bond acceptors (Lipinski definition) is 2. The number of carboxylic acids is 1. The normalized spacial score (nSPS) is 15.7. The van der Waals surface area contributed by atoms with Gasteiger partial charge in [0, 0.05) is 21.2 Å². The molecule has 1 aliphatic heterocycles. The van der Waals surface area contributed by atoms with E-state index in [0.717, 1.165) is 6.08 Å². The zero-order valence-corrected chi connectivity index (χ0v) is 14.8. The molecule has 0 unspecified atom stereocenters. The van der Waals surface area contributed by atoms with Crippen molar-refractivity contribution in [3.05, 3.63) is 68.7 Å². The Kier molecular flexibility index (Phi) is 5.09. The number of benzene rings is 2. The van der Waals surface area contributed by atoms with Gasteiger partial charge in [0.05, 0.1) is 11.1 Å². The number of carbonyl (C=O) groups is 1. The Bertz CT molecular complexity index is 1000. The van der Waals surface area contributed by atoms with Crippen molar-refractivity contribution >= 4 is 35.2 Å². The van der Waals surface area contributed by atoms with Crippen LogP contribution < -0.4 is 4.74 Å². The molecule has 0 saturated carbocycles. The van der Waals surface area contributed by atoms with Crippen LogP contribution in [0, 0.1) is 11.8 Å². The summed E-state index contributed by atoms with van der Waals surface area (Å²) >= 11 is 11.8. The summed E-state index contributed by atoms with van der Waals surface area (Å²) in [6.45, 7) is 0. The lowest BCUT2D eigenvalue weighted by Crippen LogP contribution is -2.40. The molecule has 1 N–H and O–H groups in total. The van der Waals surface area contributed by atoms with Crippen molar-refractivity contribution < 1.29 is 27.8 Å². The van der Waals surface area contributed by atoms with Crippen molar-refractivity contribution in [3.8, 4) is 17.6 Å². The molecule has 1 atom stereocenters. The number of halogens is 5. The van der Waals surface area contributed by atoms with Crippen LogP contribution in [0.5, 0.6) is 5.75 Å². The maximum Gasteiger partial charge on any atom is 0.430 e. The highest BCUT2D eigenvalue weighted by molar-refractivity contribution is 6.31. The van der Waals surface area contributed by atoms with Gasteiger partial charge in [0.15, 0.2) is 0 Å². The summed E-state index contributed by atoms with van der Waals surface area (Å²) in [6, 6.07) is 9.21. The number of ether oxygens (including phenoxy) is 1. The van der Waals surface area contributed by atoms with E-state index in [1.807, 2.05) is 0 Å². The average molecular weight is 413 g/mol. The molecule has 1 heterocycles. The van der Waals surface area contributed by atoms with Crippen LogP contribution in [0.25, 0.3) is 6.08 Å². The van der Waals surface area contributed by atoms with Gasteiger partial charge in [0.2, 0.25) is 6.10 Å². The summed E-state index contributed by atoms with van der Waals surface area (Å²) in [6.07, 6.45) is -6.60. The predicted octanol–water partition coefficient (Wildman–Crippen LogP) is 5.18. The lowest BCUT2D eigenvalue weighted by molar-refractivity contribution is -0.187. The van der Waals surface area contributed by atoms with E-state index in [0.29, 0.717) is 10.6 Å². The number of alkyl halides is 3. The molecule has 3 nitrogen and oxygen atoms in total. The number of rotatable bonds is 1. The molecule has 1 aliphatic rings. The third-order valence-corrected chi connectivity index (χ3v) is 4.11. The molecule has 138 valence electrons. The van der Waals surface area contributed by atoms with E-state index in [9.17, 15) is 18.0 Å². The van der Waals surface area contributed by atoms with E-state index in [1.165, 1.54) is 12.1 Å². The summed E-state index contributed by atoms with van der Waals surface area (Å²) in [7, 11) is 0. The van der Waals surface area contributed by atoms with Crippen LogP contribution in [0.15, 0.2) is 42.0 Å². The maximum atomic E-state index is 13.2. The van der Waals surface area contributed by atoms with Gasteiger partial charge in [-0.3, -0.25) is 0 Å². The molecular weight excluding hydrogens is 404 g/mol. The topological polar surface area (TPSA) is 46.5 Å². The molecule has 0 aliphatic carbocycles. The van der Waals surface area contributed by atoms with Gasteiger partial charge in [0.1, 0.15) is 5.75 Å². The molecule has 3 rings (SSSR count). The standard InChI is InChI=1S/C19H9Cl2F3O3/c20-13-5-2-10(3-6-13)1-4-11-7-14(21)8-12-9-15(18(25)26)17(19(22,23)24)27-16(11)12/h2-3,5-9,17H,(H,25,26)/t17-/m0/s1. The average Bonchev–Trinajstić information content (AvgIpc) is 2.58. The van der Waals surface area contributed by atoms with Crippen molar-refractivity contribution in [3.63, 3.8) is 0 Å². The van der Waals surface area contributed by atoms with Gasteiger partial charge in [-0.05, 0) is 42.5 Å². The van der Waals surface area contributed by atoms with Gasteiger partial charge in [-0.15, -0.1) is 0 Å². The second-order valence-corrected chi connectivity index (χ2v) is 6.45. The molecule has 0 saturated heterocycles. The lowest BCUT2D eigenvalue weighted by Gasteiger charge is -2.27. The van der Waals surface area contributed by atoms with Crippen molar-refractivity contribution in [2.75, 3.05) is 0 Å². The van der Waals surface area contributed by atoms with Gasteiger partial charge in [-0.25, -0.2) is 4.79 Å². The minimum atomic E-state index is -4.90. The number of carboxylic acid groups (broad SMARTS) is 1. The first-order chi connectivity index (χ1) is 12.6. The Balaban J connectivity index is 2.11. The quantitative estimate of drug-likeness (QED) is 0.656.